The Morgan fingerprint density at radius 2 is 1.56 bits per heavy atom. The Labute approximate surface area is 159 Å². The Bertz CT molecular complexity index is 969. The van der Waals surface area contributed by atoms with Gasteiger partial charge >= 0.3 is 5.97 Å². The number of carbonyl (C=O) groups excluding carboxylic acids is 2. The molecule has 0 unspecified atom stereocenters. The van der Waals surface area contributed by atoms with Crippen molar-refractivity contribution < 1.29 is 14.3 Å². The molecular formula is C23H23NO3. The van der Waals surface area contributed by atoms with Crippen molar-refractivity contribution in [3.8, 4) is 0 Å². The molecule has 0 spiro atoms. The molecule has 27 heavy (non-hydrogen) atoms. The second-order valence-corrected chi connectivity index (χ2v) is 7.51. The van der Waals surface area contributed by atoms with Crippen molar-refractivity contribution in [2.75, 3.05) is 11.9 Å². The van der Waals surface area contributed by atoms with Gasteiger partial charge in [0.1, 0.15) is 0 Å². The van der Waals surface area contributed by atoms with E-state index in [-0.39, 0.29) is 17.9 Å². The van der Waals surface area contributed by atoms with Crippen molar-refractivity contribution in [2.45, 2.75) is 26.2 Å². The molecule has 0 heterocycles. The van der Waals surface area contributed by atoms with Gasteiger partial charge in [-0.05, 0) is 46.0 Å². The molecule has 0 aromatic heterocycles. The predicted octanol–water partition coefficient (Wildman–Crippen LogP) is 4.93. The maximum atomic E-state index is 12.2. The van der Waals surface area contributed by atoms with Crippen LogP contribution in [0.1, 0.15) is 36.7 Å². The fraction of sp³-hybridized carbons (Fsp3) is 0.217. The molecule has 1 N–H and O–H groups in total. The number of benzene rings is 3. The Kier molecular flexibility index (Phi) is 5.26. The highest BCUT2D eigenvalue weighted by Crippen LogP contribution is 2.23. The zero-order valence-corrected chi connectivity index (χ0v) is 15.8. The molecule has 4 heteroatoms. The van der Waals surface area contributed by atoms with Gasteiger partial charge in [-0.15, -0.1) is 0 Å². The van der Waals surface area contributed by atoms with Crippen molar-refractivity contribution in [2.24, 2.45) is 0 Å². The second-order valence-electron chi connectivity index (χ2n) is 7.51. The Balaban J connectivity index is 1.57. The van der Waals surface area contributed by atoms with E-state index in [1.54, 1.807) is 12.1 Å². The van der Waals surface area contributed by atoms with Crippen LogP contribution in [0.2, 0.25) is 0 Å². The summed E-state index contributed by atoms with van der Waals surface area (Å²) in [6.07, 6.45) is 0. The molecule has 3 aromatic carbocycles. The number of esters is 1. The number of carbonyl (C=O) groups is 2. The molecule has 0 aliphatic carbocycles. The first-order valence-electron chi connectivity index (χ1n) is 8.89. The minimum Gasteiger partial charge on any atom is -0.452 e. The van der Waals surface area contributed by atoms with Gasteiger partial charge < -0.3 is 10.1 Å². The molecular weight excluding hydrogens is 338 g/mol. The molecule has 0 radical (unpaired) electrons. The van der Waals surface area contributed by atoms with Crippen molar-refractivity contribution in [3.05, 3.63) is 77.9 Å². The van der Waals surface area contributed by atoms with Gasteiger partial charge in [0.25, 0.3) is 5.91 Å². The summed E-state index contributed by atoms with van der Waals surface area (Å²) in [5, 5.41) is 4.74. The number of rotatable bonds is 4. The molecule has 4 nitrogen and oxygen atoms in total. The van der Waals surface area contributed by atoms with Gasteiger partial charge in [-0.1, -0.05) is 63.2 Å². The normalized spacial score (nSPS) is 11.2. The summed E-state index contributed by atoms with van der Waals surface area (Å²) < 4.78 is 5.14. The average Bonchev–Trinajstić information content (AvgIpc) is 2.65. The highest BCUT2D eigenvalue weighted by Gasteiger charge is 2.14. The largest absolute Gasteiger partial charge is 0.452 e. The summed E-state index contributed by atoms with van der Waals surface area (Å²) in [7, 11) is 0. The van der Waals surface area contributed by atoms with Gasteiger partial charge in [0.15, 0.2) is 6.61 Å². The molecule has 138 valence electrons. The topological polar surface area (TPSA) is 55.4 Å². The van der Waals surface area contributed by atoms with E-state index < -0.39 is 5.97 Å². The van der Waals surface area contributed by atoms with Crippen molar-refractivity contribution >= 4 is 28.3 Å². The maximum absolute atomic E-state index is 12.2. The number of anilines is 1. The van der Waals surface area contributed by atoms with Gasteiger partial charge in [-0.3, -0.25) is 4.79 Å². The summed E-state index contributed by atoms with van der Waals surface area (Å²) in [5.41, 5.74) is 2.34. The lowest BCUT2D eigenvalue weighted by Crippen LogP contribution is -2.21. The standard InChI is InChI=1S/C23H23NO3/c1-23(2,3)19-10-12-20(13-11-19)24-21(25)15-27-22(26)18-9-8-16-6-4-5-7-17(16)14-18/h4-14H,15H2,1-3H3,(H,24,25). The highest BCUT2D eigenvalue weighted by molar-refractivity contribution is 5.98. The third kappa shape index (κ3) is 4.73. The van der Waals surface area contributed by atoms with Crippen molar-refractivity contribution in [1.82, 2.24) is 0 Å². The van der Waals surface area contributed by atoms with E-state index in [0.29, 0.717) is 11.3 Å². The molecule has 0 atom stereocenters. The van der Waals surface area contributed by atoms with E-state index in [1.165, 1.54) is 5.56 Å². The Morgan fingerprint density at radius 3 is 2.22 bits per heavy atom. The number of hydrogen-bond donors (Lipinski definition) is 1. The average molecular weight is 361 g/mol. The molecule has 3 aromatic rings. The van der Waals surface area contributed by atoms with Crippen LogP contribution in [-0.4, -0.2) is 18.5 Å². The van der Waals surface area contributed by atoms with Gasteiger partial charge in [0, 0.05) is 5.69 Å². The van der Waals surface area contributed by atoms with Gasteiger partial charge in [0.05, 0.1) is 5.56 Å². The lowest BCUT2D eigenvalue weighted by atomic mass is 9.87. The van der Waals surface area contributed by atoms with Crippen molar-refractivity contribution in [1.29, 1.82) is 0 Å². The van der Waals surface area contributed by atoms with Crippen LogP contribution in [0.4, 0.5) is 5.69 Å². The van der Waals surface area contributed by atoms with E-state index in [9.17, 15) is 9.59 Å². The lowest BCUT2D eigenvalue weighted by molar-refractivity contribution is -0.119. The third-order valence-corrected chi connectivity index (χ3v) is 4.35. The van der Waals surface area contributed by atoms with E-state index in [2.05, 4.69) is 26.1 Å². The monoisotopic (exact) mass is 361 g/mol. The molecule has 0 aliphatic heterocycles. The van der Waals surface area contributed by atoms with Crippen LogP contribution >= 0.6 is 0 Å². The first kappa shape index (κ1) is 18.6. The number of amides is 1. The van der Waals surface area contributed by atoms with E-state index in [4.69, 9.17) is 4.74 Å². The number of nitrogens with one attached hydrogen (secondary N) is 1. The number of fused-ring (bicyclic) bond motifs is 1. The highest BCUT2D eigenvalue weighted by atomic mass is 16.5. The van der Waals surface area contributed by atoms with Crippen LogP contribution in [0.3, 0.4) is 0 Å². The van der Waals surface area contributed by atoms with E-state index in [0.717, 1.165) is 10.8 Å². The molecule has 1 amide bonds. The van der Waals surface area contributed by atoms with Gasteiger partial charge in [-0.25, -0.2) is 4.79 Å². The Hall–Kier alpha value is -3.14. The van der Waals surface area contributed by atoms with Gasteiger partial charge in [-0.2, -0.15) is 0 Å². The fourth-order valence-corrected chi connectivity index (χ4v) is 2.78. The maximum Gasteiger partial charge on any atom is 0.338 e. The molecule has 0 saturated carbocycles. The summed E-state index contributed by atoms with van der Waals surface area (Å²) >= 11 is 0. The number of ether oxygens (including phenoxy) is 1. The Morgan fingerprint density at radius 1 is 0.889 bits per heavy atom. The molecule has 3 rings (SSSR count). The minimum atomic E-state index is -0.515. The zero-order valence-electron chi connectivity index (χ0n) is 15.8. The molecule has 0 saturated heterocycles. The summed E-state index contributed by atoms with van der Waals surface area (Å²) in [6, 6.07) is 20.8. The lowest BCUT2D eigenvalue weighted by Gasteiger charge is -2.19. The van der Waals surface area contributed by atoms with Crippen LogP contribution in [0, 0.1) is 0 Å². The van der Waals surface area contributed by atoms with Gasteiger partial charge in [0.2, 0.25) is 0 Å². The first-order chi connectivity index (χ1) is 12.8. The SMILES string of the molecule is CC(C)(C)c1ccc(NC(=O)COC(=O)c2ccc3ccccc3c2)cc1. The van der Waals surface area contributed by atoms with Crippen LogP contribution in [-0.2, 0) is 14.9 Å². The smallest absolute Gasteiger partial charge is 0.338 e. The van der Waals surface area contributed by atoms with Crippen LogP contribution in [0.15, 0.2) is 66.7 Å². The van der Waals surface area contributed by atoms with Crippen LogP contribution in [0.5, 0.6) is 0 Å². The first-order valence-corrected chi connectivity index (χ1v) is 8.89. The second kappa shape index (κ2) is 7.62. The molecule has 0 bridgehead atoms. The zero-order chi connectivity index (χ0) is 19.4. The van der Waals surface area contributed by atoms with E-state index in [1.807, 2.05) is 54.6 Å². The van der Waals surface area contributed by atoms with Crippen LogP contribution in [0.25, 0.3) is 10.8 Å². The predicted molar refractivity (Wildman–Crippen MR) is 108 cm³/mol. The summed E-state index contributed by atoms with van der Waals surface area (Å²) in [6.45, 7) is 6.07. The van der Waals surface area contributed by atoms with Crippen LogP contribution < -0.4 is 5.32 Å². The third-order valence-electron chi connectivity index (χ3n) is 4.35. The summed E-state index contributed by atoms with van der Waals surface area (Å²) in [5.74, 6) is -0.883. The number of hydrogen-bond acceptors (Lipinski definition) is 3. The minimum absolute atomic E-state index is 0.0535. The molecule has 0 aliphatic rings. The quantitative estimate of drug-likeness (QED) is 0.670. The molecule has 0 fully saturated rings. The fourth-order valence-electron chi connectivity index (χ4n) is 2.78. The summed E-state index contributed by atoms with van der Waals surface area (Å²) in [4.78, 5) is 24.3. The van der Waals surface area contributed by atoms with Crippen molar-refractivity contribution in [3.63, 3.8) is 0 Å². The van der Waals surface area contributed by atoms with E-state index >= 15 is 0 Å².